The fourth-order valence-electron chi connectivity index (χ4n) is 4.04. The number of para-hydroxylation sites is 2. The smallest absolute Gasteiger partial charge is 0.262 e. The second-order valence-corrected chi connectivity index (χ2v) is 10.2. The Morgan fingerprint density at radius 1 is 1.03 bits per heavy atom. The fraction of sp³-hybridized carbons (Fsp3) is 0.276. The number of ether oxygens (including phenoxy) is 3. The lowest BCUT2D eigenvalue weighted by Crippen LogP contribution is -2.28. The summed E-state index contributed by atoms with van der Waals surface area (Å²) in [6, 6.07) is 17.9. The minimum Gasteiger partial charge on any atom is -0.493 e. The van der Waals surface area contributed by atoms with Gasteiger partial charge in [-0.05, 0) is 49.2 Å². The molecule has 1 aromatic heterocycles. The second kappa shape index (κ2) is 12.9. The monoisotopic (exact) mass is 567 g/mol. The lowest BCUT2D eigenvalue weighted by molar-refractivity contribution is -0.115. The molecule has 0 bridgehead atoms. The highest BCUT2D eigenvalue weighted by Gasteiger charge is 2.24. The van der Waals surface area contributed by atoms with Crippen LogP contribution in [0.15, 0.2) is 70.6 Å². The van der Waals surface area contributed by atoms with Crippen molar-refractivity contribution in [3.8, 4) is 17.2 Å². The van der Waals surface area contributed by atoms with E-state index in [1.165, 1.54) is 26.0 Å². The van der Waals surface area contributed by atoms with Crippen molar-refractivity contribution in [3.05, 3.63) is 81.6 Å². The molecule has 39 heavy (non-hydrogen) atoms. The van der Waals surface area contributed by atoms with E-state index >= 15 is 0 Å². The standard InChI is InChI=1S/C29H30ClN3O5S/c1-5-26(27(34)31-21-9-7-8-10-23(21)38-6-2)39-29-32-22-16-25(37-4)24(36-3)15-20(22)28(35)33(29)17-18-11-13-19(30)14-12-18/h7-16,26H,5-6,17H2,1-4H3,(H,31,34)/t26-/m1/s1. The molecule has 0 saturated carbocycles. The zero-order valence-corrected chi connectivity index (χ0v) is 23.8. The van der Waals surface area contributed by atoms with Crippen molar-refractivity contribution < 1.29 is 19.0 Å². The zero-order valence-electron chi connectivity index (χ0n) is 22.2. The van der Waals surface area contributed by atoms with Gasteiger partial charge in [-0.1, -0.05) is 54.6 Å². The van der Waals surface area contributed by atoms with E-state index < -0.39 is 5.25 Å². The van der Waals surface area contributed by atoms with Crippen LogP contribution in [0.2, 0.25) is 5.02 Å². The van der Waals surface area contributed by atoms with Gasteiger partial charge in [0, 0.05) is 11.1 Å². The number of halogens is 1. The molecule has 0 aliphatic rings. The van der Waals surface area contributed by atoms with E-state index in [4.69, 9.17) is 30.8 Å². The first-order valence-corrected chi connectivity index (χ1v) is 13.7. The van der Waals surface area contributed by atoms with Crippen molar-refractivity contribution in [2.75, 3.05) is 26.1 Å². The summed E-state index contributed by atoms with van der Waals surface area (Å²) < 4.78 is 18.1. The summed E-state index contributed by atoms with van der Waals surface area (Å²) >= 11 is 7.31. The number of carbonyl (C=O) groups excluding carboxylic acids is 1. The van der Waals surface area contributed by atoms with Gasteiger partial charge in [-0.3, -0.25) is 14.2 Å². The summed E-state index contributed by atoms with van der Waals surface area (Å²) in [5, 5.41) is 3.85. The van der Waals surface area contributed by atoms with Gasteiger partial charge in [-0.2, -0.15) is 0 Å². The van der Waals surface area contributed by atoms with Gasteiger partial charge >= 0.3 is 0 Å². The SMILES string of the molecule is CCOc1ccccc1NC(=O)[C@@H](CC)Sc1nc2cc(OC)c(OC)cc2c(=O)n1Cc1ccc(Cl)cc1. The van der Waals surface area contributed by atoms with Crippen molar-refractivity contribution in [3.63, 3.8) is 0 Å². The summed E-state index contributed by atoms with van der Waals surface area (Å²) in [6.45, 7) is 4.54. The van der Waals surface area contributed by atoms with Crippen LogP contribution in [0.5, 0.6) is 17.2 Å². The van der Waals surface area contributed by atoms with Crippen LogP contribution >= 0.6 is 23.4 Å². The Morgan fingerprint density at radius 3 is 2.38 bits per heavy atom. The molecular formula is C29H30ClN3O5S. The van der Waals surface area contributed by atoms with Crippen molar-refractivity contribution in [2.45, 2.75) is 37.2 Å². The molecule has 204 valence electrons. The minimum atomic E-state index is -0.527. The molecule has 0 aliphatic heterocycles. The van der Waals surface area contributed by atoms with E-state index in [2.05, 4.69) is 5.32 Å². The van der Waals surface area contributed by atoms with E-state index in [9.17, 15) is 9.59 Å². The van der Waals surface area contributed by atoms with E-state index in [1.54, 1.807) is 34.9 Å². The Morgan fingerprint density at radius 2 is 1.72 bits per heavy atom. The van der Waals surface area contributed by atoms with Gasteiger partial charge < -0.3 is 19.5 Å². The van der Waals surface area contributed by atoms with E-state index in [-0.39, 0.29) is 18.0 Å². The van der Waals surface area contributed by atoms with Gasteiger partial charge in [0.05, 0.1) is 49.2 Å². The Bertz CT molecular complexity index is 1520. The van der Waals surface area contributed by atoms with E-state index in [1.807, 2.05) is 44.2 Å². The summed E-state index contributed by atoms with van der Waals surface area (Å²) in [6.07, 6.45) is 0.508. The zero-order chi connectivity index (χ0) is 27.9. The highest BCUT2D eigenvalue weighted by molar-refractivity contribution is 8.00. The Labute approximate surface area is 236 Å². The first-order chi connectivity index (χ1) is 18.9. The highest BCUT2D eigenvalue weighted by atomic mass is 35.5. The van der Waals surface area contributed by atoms with Crippen molar-refractivity contribution >= 4 is 45.9 Å². The van der Waals surface area contributed by atoms with Crippen LogP contribution < -0.4 is 25.1 Å². The quantitative estimate of drug-likeness (QED) is 0.175. The number of amides is 1. The third-order valence-electron chi connectivity index (χ3n) is 6.03. The van der Waals surface area contributed by atoms with Crippen LogP contribution in [0, 0.1) is 0 Å². The van der Waals surface area contributed by atoms with E-state index in [0.29, 0.717) is 57.0 Å². The summed E-state index contributed by atoms with van der Waals surface area (Å²) in [4.78, 5) is 32.0. The average molecular weight is 568 g/mol. The maximum Gasteiger partial charge on any atom is 0.262 e. The molecule has 1 atom stereocenters. The molecule has 4 rings (SSSR count). The van der Waals surface area contributed by atoms with Crippen LogP contribution in [0.3, 0.4) is 0 Å². The third kappa shape index (κ3) is 6.49. The van der Waals surface area contributed by atoms with Crippen LogP contribution in [-0.2, 0) is 11.3 Å². The normalized spacial score (nSPS) is 11.7. The minimum absolute atomic E-state index is 0.214. The van der Waals surface area contributed by atoms with Crippen molar-refractivity contribution in [1.29, 1.82) is 0 Å². The number of rotatable bonds is 11. The number of benzene rings is 3. The average Bonchev–Trinajstić information content (AvgIpc) is 2.95. The van der Waals surface area contributed by atoms with Gasteiger partial charge in [0.1, 0.15) is 5.75 Å². The molecule has 0 aliphatic carbocycles. The van der Waals surface area contributed by atoms with Crippen LogP contribution in [0.25, 0.3) is 10.9 Å². The highest BCUT2D eigenvalue weighted by Crippen LogP contribution is 2.33. The molecule has 0 unspecified atom stereocenters. The lowest BCUT2D eigenvalue weighted by Gasteiger charge is -2.19. The van der Waals surface area contributed by atoms with Crippen molar-refractivity contribution in [2.24, 2.45) is 0 Å². The fourth-order valence-corrected chi connectivity index (χ4v) is 5.18. The summed E-state index contributed by atoms with van der Waals surface area (Å²) in [5.41, 5.74) is 1.65. The molecule has 1 heterocycles. The van der Waals surface area contributed by atoms with Crippen LogP contribution in [0.1, 0.15) is 25.8 Å². The Kier molecular flexibility index (Phi) is 9.37. The maximum atomic E-state index is 13.8. The van der Waals surface area contributed by atoms with Crippen molar-refractivity contribution in [1.82, 2.24) is 9.55 Å². The molecule has 10 heteroatoms. The molecule has 1 N–H and O–H groups in total. The number of aromatic nitrogens is 2. The van der Waals surface area contributed by atoms with Gasteiger partial charge in [0.25, 0.3) is 5.56 Å². The molecular weight excluding hydrogens is 538 g/mol. The summed E-state index contributed by atoms with van der Waals surface area (Å²) in [5.74, 6) is 1.27. The molecule has 0 saturated heterocycles. The number of hydrogen-bond donors (Lipinski definition) is 1. The molecule has 0 spiro atoms. The summed E-state index contributed by atoms with van der Waals surface area (Å²) in [7, 11) is 3.04. The predicted octanol–water partition coefficient (Wildman–Crippen LogP) is 6.02. The maximum absolute atomic E-state index is 13.8. The first kappa shape index (κ1) is 28.3. The number of anilines is 1. The van der Waals surface area contributed by atoms with Crippen LogP contribution in [0.4, 0.5) is 5.69 Å². The lowest BCUT2D eigenvalue weighted by atomic mass is 10.2. The van der Waals surface area contributed by atoms with Gasteiger partial charge in [-0.15, -0.1) is 0 Å². The first-order valence-electron chi connectivity index (χ1n) is 12.5. The van der Waals surface area contributed by atoms with E-state index in [0.717, 1.165) is 5.56 Å². The predicted molar refractivity (Wildman–Crippen MR) is 156 cm³/mol. The third-order valence-corrected chi connectivity index (χ3v) is 7.64. The largest absolute Gasteiger partial charge is 0.493 e. The number of nitrogens with one attached hydrogen (secondary N) is 1. The molecule has 1 amide bonds. The Hall–Kier alpha value is -3.69. The second-order valence-electron chi connectivity index (χ2n) is 8.57. The molecule has 0 radical (unpaired) electrons. The number of carbonyl (C=O) groups is 1. The number of nitrogens with zero attached hydrogens (tertiary/aromatic N) is 2. The number of methoxy groups -OCH3 is 2. The van der Waals surface area contributed by atoms with Gasteiger partial charge in [0.15, 0.2) is 16.7 Å². The topological polar surface area (TPSA) is 91.7 Å². The molecule has 0 fully saturated rings. The Balaban J connectivity index is 1.76. The van der Waals surface area contributed by atoms with Crippen LogP contribution in [-0.4, -0.2) is 41.5 Å². The molecule has 8 nitrogen and oxygen atoms in total. The molecule has 3 aromatic carbocycles. The number of hydrogen-bond acceptors (Lipinski definition) is 7. The van der Waals surface area contributed by atoms with Gasteiger partial charge in [-0.25, -0.2) is 4.98 Å². The number of thioether (sulfide) groups is 1. The number of fused-ring (bicyclic) bond motifs is 1. The van der Waals surface area contributed by atoms with Gasteiger partial charge in [0.2, 0.25) is 5.91 Å². The molecule has 4 aromatic rings.